The third-order valence-corrected chi connectivity index (χ3v) is 6.95. The zero-order chi connectivity index (χ0) is 25.1. The van der Waals surface area contributed by atoms with E-state index in [1.807, 2.05) is 0 Å². The highest BCUT2D eigenvalue weighted by atomic mass is 32.2. The third-order valence-electron chi connectivity index (χ3n) is 4.78. The molecule has 2 amide bonds. The number of fused-ring (bicyclic) bond motifs is 1. The molecule has 1 aromatic heterocycles. The van der Waals surface area contributed by atoms with Gasteiger partial charge in [-0.2, -0.15) is 0 Å². The average Bonchev–Trinajstić information content (AvgIpc) is 3.15. The summed E-state index contributed by atoms with van der Waals surface area (Å²) in [4.78, 5) is 58.9. The van der Waals surface area contributed by atoms with Crippen LogP contribution < -0.4 is 11.1 Å². The van der Waals surface area contributed by atoms with Crippen LogP contribution >= 0.6 is 23.1 Å². The summed E-state index contributed by atoms with van der Waals surface area (Å²) < 4.78 is 5.12. The van der Waals surface area contributed by atoms with E-state index >= 15 is 0 Å². The van der Waals surface area contributed by atoms with Gasteiger partial charge in [0.25, 0.3) is 5.91 Å². The first kappa shape index (κ1) is 25.5. The molecule has 184 valence electrons. The topological polar surface area (TPSA) is 174 Å². The van der Waals surface area contributed by atoms with Gasteiger partial charge in [-0.3, -0.25) is 14.4 Å². The second-order valence-corrected chi connectivity index (χ2v) is 10.7. The van der Waals surface area contributed by atoms with Crippen LogP contribution in [0, 0.1) is 5.41 Å². The van der Waals surface area contributed by atoms with E-state index in [-0.39, 0.29) is 40.1 Å². The second-order valence-electron chi connectivity index (χ2n) is 8.63. The number of carbonyl (C=O) groups is 4. The number of anilines is 1. The Kier molecular flexibility index (Phi) is 7.51. The minimum Gasteiger partial charge on any atom is -0.481 e. The van der Waals surface area contributed by atoms with E-state index < -0.39 is 35.5 Å². The summed E-state index contributed by atoms with van der Waals surface area (Å²) in [5, 5.41) is 17.6. The molecule has 4 N–H and O–H groups in total. The summed E-state index contributed by atoms with van der Waals surface area (Å²) in [6.45, 7) is 4.58. The Labute approximate surface area is 203 Å². The number of hydrogen-bond acceptors (Lipinski definition) is 11. The molecule has 34 heavy (non-hydrogen) atoms. The van der Waals surface area contributed by atoms with Crippen LogP contribution in [0.5, 0.6) is 0 Å². The van der Waals surface area contributed by atoms with Crippen molar-refractivity contribution in [2.45, 2.75) is 38.2 Å². The van der Waals surface area contributed by atoms with Gasteiger partial charge >= 0.3 is 11.9 Å². The van der Waals surface area contributed by atoms with Crippen LogP contribution in [0.25, 0.3) is 0 Å². The summed E-state index contributed by atoms with van der Waals surface area (Å²) in [6.07, 6.45) is 2.94. The van der Waals surface area contributed by atoms with Gasteiger partial charge in [0, 0.05) is 23.9 Å². The standard InChI is InChI=1S/C20H25N5O7S2/c1-19(2,3)32-14(27)7-31-24-15(11-8-33-18(21)23-11)16(28)22-5-4-20(17(29)30)9-25-12(26)6-13(25)34-10-20/h4-5,8,13H,6-7,9-10H2,1-3H3,(H2,21,23)(H,22,28)(H,29,30)/t13-,20?/m1/s1. The summed E-state index contributed by atoms with van der Waals surface area (Å²) >= 11 is 2.46. The molecular formula is C20H25N5O7S2. The first-order valence-corrected chi connectivity index (χ1v) is 12.1. The predicted octanol–water partition coefficient (Wildman–Crippen LogP) is 0.794. The van der Waals surface area contributed by atoms with Crippen LogP contribution in [-0.4, -0.2) is 74.3 Å². The number of nitrogens with one attached hydrogen (secondary N) is 1. The zero-order valence-electron chi connectivity index (χ0n) is 18.8. The first-order chi connectivity index (χ1) is 15.9. The van der Waals surface area contributed by atoms with Crippen LogP contribution in [0.1, 0.15) is 32.9 Å². The van der Waals surface area contributed by atoms with Crippen LogP contribution in [0.4, 0.5) is 5.13 Å². The first-order valence-electron chi connectivity index (χ1n) is 10.2. The van der Waals surface area contributed by atoms with E-state index in [1.165, 1.54) is 34.3 Å². The zero-order valence-corrected chi connectivity index (χ0v) is 20.4. The number of amides is 2. The van der Waals surface area contributed by atoms with Crippen LogP contribution in [0.3, 0.4) is 0 Å². The van der Waals surface area contributed by atoms with Crippen LogP contribution in [-0.2, 0) is 28.8 Å². The highest BCUT2D eigenvalue weighted by molar-refractivity contribution is 8.00. The summed E-state index contributed by atoms with van der Waals surface area (Å²) in [5.41, 5.74) is 3.44. The predicted molar refractivity (Wildman–Crippen MR) is 125 cm³/mol. The van der Waals surface area contributed by atoms with Crippen molar-refractivity contribution in [3.63, 3.8) is 0 Å². The SMILES string of the molecule is CC(C)(C)OC(=O)CON=C(C(=O)NC=CC1(C(=O)O)CS[C@@H]2CC(=O)N2C1)c1csc(N)n1. The number of ether oxygens (including phenoxy) is 1. The molecule has 2 saturated heterocycles. The largest absolute Gasteiger partial charge is 0.481 e. The molecule has 2 fully saturated rings. The van der Waals surface area contributed by atoms with Crippen molar-refractivity contribution in [2.24, 2.45) is 10.6 Å². The lowest BCUT2D eigenvalue weighted by molar-refractivity contribution is -0.160. The van der Waals surface area contributed by atoms with Crippen molar-refractivity contribution < 1.29 is 33.9 Å². The Morgan fingerprint density at radius 3 is 2.76 bits per heavy atom. The van der Waals surface area contributed by atoms with Gasteiger partial charge in [0.1, 0.15) is 16.7 Å². The fraction of sp³-hybridized carbons (Fsp3) is 0.500. The average molecular weight is 512 g/mol. The number of rotatable bonds is 8. The number of thioether (sulfide) groups is 1. The lowest BCUT2D eigenvalue weighted by Gasteiger charge is -2.48. The van der Waals surface area contributed by atoms with Gasteiger partial charge in [0.2, 0.25) is 12.5 Å². The Balaban J connectivity index is 1.70. The fourth-order valence-electron chi connectivity index (χ4n) is 3.13. The van der Waals surface area contributed by atoms with E-state index in [4.69, 9.17) is 15.3 Å². The Bertz CT molecular complexity index is 1050. The van der Waals surface area contributed by atoms with Crippen molar-refractivity contribution in [1.29, 1.82) is 0 Å². The minimum absolute atomic E-state index is 0.000974. The van der Waals surface area contributed by atoms with E-state index in [9.17, 15) is 24.3 Å². The number of hydrogen-bond donors (Lipinski definition) is 3. The second kappa shape index (κ2) is 10.0. The molecule has 2 atom stereocenters. The quantitative estimate of drug-likeness (QED) is 0.196. The van der Waals surface area contributed by atoms with Gasteiger partial charge in [-0.25, -0.2) is 9.78 Å². The summed E-state index contributed by atoms with van der Waals surface area (Å²) in [7, 11) is 0. The normalized spacial score (nSPS) is 22.7. The van der Waals surface area contributed by atoms with Crippen molar-refractivity contribution in [2.75, 3.05) is 24.6 Å². The molecule has 0 bridgehead atoms. The van der Waals surface area contributed by atoms with E-state index in [1.54, 1.807) is 20.8 Å². The van der Waals surface area contributed by atoms with E-state index in [2.05, 4.69) is 15.5 Å². The smallest absolute Gasteiger partial charge is 0.347 e. The van der Waals surface area contributed by atoms with Crippen LogP contribution in [0.2, 0.25) is 0 Å². The molecule has 2 aliphatic rings. The number of aromatic nitrogens is 1. The van der Waals surface area contributed by atoms with E-state index in [0.717, 1.165) is 11.3 Å². The number of aliphatic carboxylic acids is 1. The maximum Gasteiger partial charge on any atom is 0.347 e. The number of β-lactam (4-membered cyclic amide) rings is 1. The van der Waals surface area contributed by atoms with E-state index in [0.29, 0.717) is 6.42 Å². The van der Waals surface area contributed by atoms with Gasteiger partial charge in [-0.05, 0) is 26.8 Å². The molecule has 3 heterocycles. The number of carboxylic acids is 1. The van der Waals surface area contributed by atoms with Crippen molar-refractivity contribution >= 4 is 57.7 Å². The molecule has 12 nitrogen and oxygen atoms in total. The monoisotopic (exact) mass is 511 g/mol. The van der Waals surface area contributed by atoms with Crippen molar-refractivity contribution in [3.05, 3.63) is 23.3 Å². The number of nitrogens with zero attached hydrogens (tertiary/aromatic N) is 3. The van der Waals surface area contributed by atoms with Gasteiger partial charge in [0.05, 0.1) is 11.8 Å². The number of nitrogens with two attached hydrogens (primary N) is 1. The molecule has 0 saturated carbocycles. The minimum atomic E-state index is -1.35. The number of carbonyl (C=O) groups excluding carboxylic acids is 3. The maximum atomic E-state index is 12.8. The molecule has 0 spiro atoms. The molecule has 1 aromatic rings. The Morgan fingerprint density at radius 2 is 2.18 bits per heavy atom. The molecule has 3 rings (SSSR count). The number of thiazole rings is 1. The molecular weight excluding hydrogens is 486 g/mol. The van der Waals surface area contributed by atoms with Gasteiger partial charge < -0.3 is 30.6 Å². The Morgan fingerprint density at radius 1 is 1.44 bits per heavy atom. The lowest BCUT2D eigenvalue weighted by Crippen LogP contribution is -2.60. The van der Waals surface area contributed by atoms with Crippen molar-refractivity contribution in [1.82, 2.24) is 15.2 Å². The fourth-order valence-corrected chi connectivity index (χ4v) is 5.11. The Hall–Kier alpha value is -3.13. The summed E-state index contributed by atoms with van der Waals surface area (Å²) in [5.74, 6) is -2.38. The maximum absolute atomic E-state index is 12.8. The summed E-state index contributed by atoms with van der Waals surface area (Å²) in [6, 6.07) is 0. The van der Waals surface area contributed by atoms with Crippen LogP contribution in [0.15, 0.2) is 22.8 Å². The molecule has 0 radical (unpaired) electrons. The molecule has 0 aromatic carbocycles. The highest BCUT2D eigenvalue weighted by Crippen LogP contribution is 2.42. The number of oxime groups is 1. The number of esters is 1. The lowest BCUT2D eigenvalue weighted by atomic mass is 9.88. The molecule has 14 heteroatoms. The number of nitrogen functional groups attached to an aromatic ring is 1. The molecule has 1 unspecified atom stereocenters. The van der Waals surface area contributed by atoms with Crippen molar-refractivity contribution in [3.8, 4) is 0 Å². The number of carboxylic acid groups (broad SMARTS) is 1. The highest BCUT2D eigenvalue weighted by Gasteiger charge is 2.50. The van der Waals surface area contributed by atoms with Gasteiger partial charge in [-0.1, -0.05) is 5.16 Å². The van der Waals surface area contributed by atoms with Gasteiger partial charge in [0.15, 0.2) is 10.8 Å². The third kappa shape index (κ3) is 6.05. The molecule has 0 aliphatic carbocycles. The van der Waals surface area contributed by atoms with Gasteiger partial charge in [-0.15, -0.1) is 23.1 Å². The molecule has 2 aliphatic heterocycles.